The Labute approximate surface area is 111 Å². The average Bonchev–Trinajstić information content (AvgIpc) is 2.71. The molecular weight excluding hydrogens is 242 g/mol. The fourth-order valence-corrected chi connectivity index (χ4v) is 1.87. The van der Waals surface area contributed by atoms with Gasteiger partial charge in [-0.1, -0.05) is 6.92 Å². The number of aromatic nitrogens is 2. The molecule has 0 saturated heterocycles. The van der Waals surface area contributed by atoms with Crippen molar-refractivity contribution < 1.29 is 4.79 Å². The van der Waals surface area contributed by atoms with Gasteiger partial charge < -0.3 is 16.8 Å². The van der Waals surface area contributed by atoms with Gasteiger partial charge >= 0.3 is 0 Å². The maximum Gasteiger partial charge on any atom is 0.248 e. The topological polar surface area (TPSA) is 99.0 Å². The average molecular weight is 259 g/mol. The molecule has 0 fully saturated rings. The number of hydrogen-bond acceptors (Lipinski definition) is 4. The molecule has 0 unspecified atom stereocenters. The molecule has 1 amide bonds. The molecule has 0 aliphatic heterocycles. The molecule has 2 aromatic rings. The van der Waals surface area contributed by atoms with Crippen LogP contribution in [0.3, 0.4) is 0 Å². The molecule has 6 heteroatoms. The normalized spacial score (nSPS) is 10.4. The Bertz CT molecular complexity index is 617. The molecular formula is C13H17N5O. The second kappa shape index (κ2) is 5.01. The second-order valence-electron chi connectivity index (χ2n) is 4.31. The third-order valence-corrected chi connectivity index (χ3v) is 2.85. The van der Waals surface area contributed by atoms with Gasteiger partial charge in [-0.15, -0.1) is 0 Å². The maximum absolute atomic E-state index is 11.1. The van der Waals surface area contributed by atoms with Crippen molar-refractivity contribution in [1.82, 2.24) is 9.78 Å². The van der Waals surface area contributed by atoms with E-state index in [0.29, 0.717) is 11.3 Å². The standard InChI is InChI=1S/C13H17N5O/c1-3-10-12(7-18(2)17-10)16-11-5-4-8(13(15)19)6-9(11)14/h4-7,16H,3,14H2,1-2H3,(H2,15,19). The zero-order valence-corrected chi connectivity index (χ0v) is 11.0. The lowest BCUT2D eigenvalue weighted by atomic mass is 10.1. The van der Waals surface area contributed by atoms with Crippen molar-refractivity contribution in [3.05, 3.63) is 35.7 Å². The van der Waals surface area contributed by atoms with E-state index in [9.17, 15) is 4.79 Å². The van der Waals surface area contributed by atoms with Gasteiger partial charge in [-0.05, 0) is 24.6 Å². The Morgan fingerprint density at radius 2 is 2.16 bits per heavy atom. The van der Waals surface area contributed by atoms with Crippen molar-refractivity contribution >= 4 is 23.0 Å². The van der Waals surface area contributed by atoms with Gasteiger partial charge in [0, 0.05) is 18.8 Å². The number of amides is 1. The van der Waals surface area contributed by atoms with E-state index in [-0.39, 0.29) is 0 Å². The summed E-state index contributed by atoms with van der Waals surface area (Å²) in [6.07, 6.45) is 2.71. The summed E-state index contributed by atoms with van der Waals surface area (Å²) < 4.78 is 1.75. The number of nitrogens with zero attached hydrogens (tertiary/aromatic N) is 2. The molecule has 0 saturated carbocycles. The molecule has 6 nitrogen and oxygen atoms in total. The lowest BCUT2D eigenvalue weighted by Gasteiger charge is -2.09. The minimum atomic E-state index is -0.492. The summed E-state index contributed by atoms with van der Waals surface area (Å²) in [7, 11) is 1.86. The molecule has 0 bridgehead atoms. The van der Waals surface area contributed by atoms with Crippen LogP contribution in [0.25, 0.3) is 0 Å². The summed E-state index contributed by atoms with van der Waals surface area (Å²) >= 11 is 0. The van der Waals surface area contributed by atoms with Crippen molar-refractivity contribution in [1.29, 1.82) is 0 Å². The number of primary amides is 1. The predicted molar refractivity (Wildman–Crippen MR) is 75.2 cm³/mol. The Morgan fingerprint density at radius 3 is 2.74 bits per heavy atom. The van der Waals surface area contributed by atoms with Crippen LogP contribution in [-0.4, -0.2) is 15.7 Å². The summed E-state index contributed by atoms with van der Waals surface area (Å²) in [5.74, 6) is -0.492. The molecule has 1 heterocycles. The first kappa shape index (κ1) is 12.9. The summed E-state index contributed by atoms with van der Waals surface area (Å²) in [4.78, 5) is 11.1. The monoisotopic (exact) mass is 259 g/mol. The molecule has 0 aliphatic carbocycles. The highest BCUT2D eigenvalue weighted by molar-refractivity contribution is 5.95. The van der Waals surface area contributed by atoms with Crippen molar-refractivity contribution in [2.75, 3.05) is 11.1 Å². The Hall–Kier alpha value is -2.50. The van der Waals surface area contributed by atoms with Crippen molar-refractivity contribution in [2.24, 2.45) is 12.8 Å². The number of nitrogen functional groups attached to an aromatic ring is 1. The number of carbonyl (C=O) groups excluding carboxylic acids is 1. The van der Waals surface area contributed by atoms with Crippen LogP contribution >= 0.6 is 0 Å². The van der Waals surface area contributed by atoms with Gasteiger partial charge in [0.15, 0.2) is 0 Å². The molecule has 19 heavy (non-hydrogen) atoms. The van der Waals surface area contributed by atoms with Crippen LogP contribution in [-0.2, 0) is 13.5 Å². The summed E-state index contributed by atoms with van der Waals surface area (Å²) in [5.41, 5.74) is 14.6. The van der Waals surface area contributed by atoms with E-state index in [1.54, 1.807) is 22.9 Å². The quantitative estimate of drug-likeness (QED) is 0.723. The van der Waals surface area contributed by atoms with Crippen LogP contribution in [0.2, 0.25) is 0 Å². The van der Waals surface area contributed by atoms with Crippen LogP contribution < -0.4 is 16.8 Å². The number of carbonyl (C=O) groups is 1. The van der Waals surface area contributed by atoms with Gasteiger partial charge in [0.2, 0.25) is 5.91 Å². The largest absolute Gasteiger partial charge is 0.397 e. The Morgan fingerprint density at radius 1 is 1.42 bits per heavy atom. The molecule has 5 N–H and O–H groups in total. The van der Waals surface area contributed by atoms with E-state index in [0.717, 1.165) is 23.5 Å². The van der Waals surface area contributed by atoms with Gasteiger partial charge in [-0.2, -0.15) is 5.10 Å². The Kier molecular flexibility index (Phi) is 3.41. The summed E-state index contributed by atoms with van der Waals surface area (Å²) in [6, 6.07) is 4.94. The zero-order chi connectivity index (χ0) is 14.0. The number of nitrogens with two attached hydrogens (primary N) is 2. The van der Waals surface area contributed by atoms with E-state index in [4.69, 9.17) is 11.5 Å². The van der Waals surface area contributed by atoms with Gasteiger partial charge in [-0.3, -0.25) is 9.48 Å². The number of aryl methyl sites for hydroxylation is 2. The van der Waals surface area contributed by atoms with Crippen LogP contribution in [0.5, 0.6) is 0 Å². The Balaban J connectivity index is 2.30. The van der Waals surface area contributed by atoms with Crippen LogP contribution in [0.15, 0.2) is 24.4 Å². The summed E-state index contributed by atoms with van der Waals surface area (Å²) in [6.45, 7) is 2.03. The van der Waals surface area contributed by atoms with Gasteiger partial charge in [0.1, 0.15) is 0 Å². The van der Waals surface area contributed by atoms with E-state index >= 15 is 0 Å². The fraction of sp³-hybridized carbons (Fsp3) is 0.231. The number of benzene rings is 1. The van der Waals surface area contributed by atoms with E-state index in [1.165, 1.54) is 0 Å². The van der Waals surface area contributed by atoms with Crippen LogP contribution in [0.4, 0.5) is 17.1 Å². The highest BCUT2D eigenvalue weighted by Crippen LogP contribution is 2.26. The fourth-order valence-electron chi connectivity index (χ4n) is 1.87. The molecule has 0 spiro atoms. The number of nitrogens with one attached hydrogen (secondary N) is 1. The number of rotatable bonds is 4. The third-order valence-electron chi connectivity index (χ3n) is 2.85. The highest BCUT2D eigenvalue weighted by Gasteiger charge is 2.09. The van der Waals surface area contributed by atoms with Gasteiger partial charge in [0.25, 0.3) is 0 Å². The first-order valence-electron chi connectivity index (χ1n) is 6.00. The van der Waals surface area contributed by atoms with Crippen molar-refractivity contribution in [2.45, 2.75) is 13.3 Å². The van der Waals surface area contributed by atoms with Gasteiger partial charge in [0.05, 0.1) is 22.8 Å². The molecule has 100 valence electrons. The lowest BCUT2D eigenvalue weighted by Crippen LogP contribution is -2.11. The van der Waals surface area contributed by atoms with Crippen molar-refractivity contribution in [3.63, 3.8) is 0 Å². The number of anilines is 3. The second-order valence-corrected chi connectivity index (χ2v) is 4.31. The van der Waals surface area contributed by atoms with E-state index in [2.05, 4.69) is 10.4 Å². The molecule has 1 aromatic carbocycles. The minimum Gasteiger partial charge on any atom is -0.397 e. The zero-order valence-electron chi connectivity index (χ0n) is 11.0. The third kappa shape index (κ3) is 2.67. The molecule has 1 aromatic heterocycles. The molecule has 0 atom stereocenters. The van der Waals surface area contributed by atoms with E-state index < -0.39 is 5.91 Å². The minimum absolute atomic E-state index is 0.393. The van der Waals surface area contributed by atoms with Crippen molar-refractivity contribution in [3.8, 4) is 0 Å². The summed E-state index contributed by atoms with van der Waals surface area (Å²) in [5, 5.41) is 7.56. The lowest BCUT2D eigenvalue weighted by molar-refractivity contribution is 0.100. The molecule has 0 radical (unpaired) electrons. The van der Waals surface area contributed by atoms with Crippen LogP contribution in [0.1, 0.15) is 23.0 Å². The number of hydrogen-bond donors (Lipinski definition) is 3. The molecule has 0 aliphatic rings. The first-order valence-corrected chi connectivity index (χ1v) is 6.00. The van der Waals surface area contributed by atoms with E-state index in [1.807, 2.05) is 20.2 Å². The predicted octanol–water partition coefficient (Wildman–Crippen LogP) is 1.41. The smallest absolute Gasteiger partial charge is 0.248 e. The molecule has 2 rings (SSSR count). The van der Waals surface area contributed by atoms with Gasteiger partial charge in [-0.25, -0.2) is 0 Å². The highest BCUT2D eigenvalue weighted by atomic mass is 16.1. The first-order chi connectivity index (χ1) is 9.01. The SMILES string of the molecule is CCc1nn(C)cc1Nc1ccc(C(N)=O)cc1N. The van der Waals surface area contributed by atoms with Crippen LogP contribution in [0, 0.1) is 0 Å². The maximum atomic E-state index is 11.1.